The molecular formula is C18H28N2. The smallest absolute Gasteiger partial charge is 0.0277 e. The van der Waals surface area contributed by atoms with Crippen LogP contribution in [0.25, 0.3) is 0 Å². The van der Waals surface area contributed by atoms with Gasteiger partial charge in [0.05, 0.1) is 0 Å². The molecule has 110 valence electrons. The molecule has 0 rings (SSSR count). The average Bonchev–Trinajstić information content (AvgIpc) is 2.41. The first kappa shape index (κ1) is 18.2. The summed E-state index contributed by atoms with van der Waals surface area (Å²) in [6.45, 7) is 12.5. The Hall–Kier alpha value is -1.83. The van der Waals surface area contributed by atoms with Gasteiger partial charge in [0.2, 0.25) is 0 Å². The van der Waals surface area contributed by atoms with E-state index in [1.54, 1.807) is 13.3 Å². The monoisotopic (exact) mass is 272 g/mol. The lowest BCUT2D eigenvalue weighted by Crippen LogP contribution is -1.94. The van der Waals surface area contributed by atoms with Gasteiger partial charge in [-0.15, -0.1) is 0 Å². The molecule has 0 radical (unpaired) electrons. The van der Waals surface area contributed by atoms with Crippen molar-refractivity contribution in [3.63, 3.8) is 0 Å². The maximum Gasteiger partial charge on any atom is 0.0277 e. The molecule has 0 aromatic carbocycles. The van der Waals surface area contributed by atoms with E-state index in [2.05, 4.69) is 44.5 Å². The van der Waals surface area contributed by atoms with E-state index in [-0.39, 0.29) is 0 Å². The van der Waals surface area contributed by atoms with Gasteiger partial charge in [0.25, 0.3) is 0 Å². The van der Waals surface area contributed by atoms with E-state index in [4.69, 9.17) is 5.73 Å². The molecule has 0 heterocycles. The molecule has 0 aromatic rings. The Morgan fingerprint density at radius 3 is 2.20 bits per heavy atom. The molecule has 0 saturated heterocycles. The van der Waals surface area contributed by atoms with Crippen molar-refractivity contribution in [2.24, 2.45) is 10.7 Å². The number of hydrogen-bond acceptors (Lipinski definition) is 2. The second kappa shape index (κ2) is 10.0. The van der Waals surface area contributed by atoms with Gasteiger partial charge in [-0.2, -0.15) is 0 Å². The van der Waals surface area contributed by atoms with Crippen molar-refractivity contribution in [1.82, 2.24) is 0 Å². The van der Waals surface area contributed by atoms with Crippen LogP contribution in [0.1, 0.15) is 40.5 Å². The molecule has 2 nitrogen and oxygen atoms in total. The lowest BCUT2D eigenvalue weighted by Gasteiger charge is -2.11. The number of rotatable bonds is 7. The first-order valence-electron chi connectivity index (χ1n) is 7.08. The van der Waals surface area contributed by atoms with Gasteiger partial charge >= 0.3 is 0 Å². The first-order chi connectivity index (χ1) is 9.46. The van der Waals surface area contributed by atoms with Gasteiger partial charge < -0.3 is 5.73 Å². The van der Waals surface area contributed by atoms with E-state index in [1.807, 2.05) is 19.1 Å². The van der Waals surface area contributed by atoms with Crippen LogP contribution in [0.5, 0.6) is 0 Å². The van der Waals surface area contributed by atoms with Crippen LogP contribution >= 0.6 is 0 Å². The van der Waals surface area contributed by atoms with Crippen LogP contribution in [0.15, 0.2) is 63.9 Å². The summed E-state index contributed by atoms with van der Waals surface area (Å²) in [5, 5.41) is 0. The Kier molecular flexibility index (Phi) is 9.10. The summed E-state index contributed by atoms with van der Waals surface area (Å²) in [4.78, 5) is 4.04. The Bertz CT molecular complexity index is 468. The number of allylic oxidation sites excluding steroid dienone is 9. The third kappa shape index (κ3) is 6.93. The van der Waals surface area contributed by atoms with E-state index < -0.39 is 0 Å². The molecule has 0 fully saturated rings. The second-order valence-corrected chi connectivity index (χ2v) is 4.81. The van der Waals surface area contributed by atoms with Gasteiger partial charge in [-0.1, -0.05) is 38.2 Å². The topological polar surface area (TPSA) is 38.4 Å². The molecule has 0 saturated carbocycles. The number of nitrogens with zero attached hydrogens (tertiary/aromatic N) is 1. The maximum atomic E-state index is 5.71. The molecule has 2 heteroatoms. The third-order valence-electron chi connectivity index (χ3n) is 2.99. The van der Waals surface area contributed by atoms with Crippen molar-refractivity contribution in [2.45, 2.75) is 40.5 Å². The van der Waals surface area contributed by atoms with Gasteiger partial charge in [-0.25, -0.2) is 0 Å². The minimum Gasteiger partial charge on any atom is -0.402 e. The number of hydrogen-bond donors (Lipinski definition) is 1. The highest BCUT2D eigenvalue weighted by Crippen LogP contribution is 2.23. The van der Waals surface area contributed by atoms with Gasteiger partial charge in [0.1, 0.15) is 0 Å². The maximum absolute atomic E-state index is 5.71. The second-order valence-electron chi connectivity index (χ2n) is 4.81. The molecule has 0 unspecified atom stereocenters. The summed E-state index contributed by atoms with van der Waals surface area (Å²) in [6, 6.07) is 0. The van der Waals surface area contributed by atoms with E-state index in [9.17, 15) is 0 Å². The van der Waals surface area contributed by atoms with Gasteiger partial charge in [-0.05, 0) is 55.6 Å². The summed E-state index contributed by atoms with van der Waals surface area (Å²) >= 11 is 0. The van der Waals surface area contributed by atoms with E-state index in [1.165, 1.54) is 11.1 Å². The molecule has 0 bridgehead atoms. The van der Waals surface area contributed by atoms with Gasteiger partial charge in [0.15, 0.2) is 0 Å². The zero-order valence-electron chi connectivity index (χ0n) is 13.5. The first-order valence-corrected chi connectivity index (χ1v) is 7.08. The van der Waals surface area contributed by atoms with Crippen molar-refractivity contribution >= 4 is 6.21 Å². The van der Waals surface area contributed by atoms with E-state index >= 15 is 0 Å². The zero-order chi connectivity index (χ0) is 15.5. The molecule has 0 amide bonds. The average molecular weight is 272 g/mol. The summed E-state index contributed by atoms with van der Waals surface area (Å²) in [5.41, 5.74) is 11.2. The summed E-state index contributed by atoms with van der Waals surface area (Å²) < 4.78 is 0. The number of nitrogens with two attached hydrogens (primary N) is 1. The SMILES string of the molecule is C=C(/C=C(\C)CC)C(=C\C=NC)/C(=C/C=C(\C)N)CC. The standard InChI is InChI=1S/C18H28N2/c1-7-14(3)13-15(4)18(11-12-20-6)17(8-2)10-9-16(5)19/h9-13H,4,7-8,19H2,1-3,5-6H3/b14-13+,16-9+,17-10+,18-11+,20-12?. The fourth-order valence-corrected chi connectivity index (χ4v) is 1.68. The highest BCUT2D eigenvalue weighted by molar-refractivity contribution is 5.76. The largest absolute Gasteiger partial charge is 0.402 e. The molecule has 20 heavy (non-hydrogen) atoms. The minimum absolute atomic E-state index is 0.797. The zero-order valence-corrected chi connectivity index (χ0v) is 13.5. The fourth-order valence-electron chi connectivity index (χ4n) is 1.68. The molecule has 2 N–H and O–H groups in total. The molecule has 0 aromatic heterocycles. The molecular weight excluding hydrogens is 244 g/mol. The van der Waals surface area contributed by atoms with E-state index in [0.717, 1.165) is 29.7 Å². The van der Waals surface area contributed by atoms with Crippen LogP contribution in [0.4, 0.5) is 0 Å². The molecule has 0 aliphatic carbocycles. The Morgan fingerprint density at radius 2 is 1.75 bits per heavy atom. The normalized spacial score (nSPS) is 15.1. The van der Waals surface area contributed by atoms with Crippen LogP contribution < -0.4 is 5.73 Å². The fraction of sp³-hybridized carbons (Fsp3) is 0.389. The van der Waals surface area contributed by atoms with Crippen LogP contribution in [-0.2, 0) is 0 Å². The van der Waals surface area contributed by atoms with Crippen molar-refractivity contribution in [3.8, 4) is 0 Å². The van der Waals surface area contributed by atoms with Crippen LogP contribution in [0, 0.1) is 0 Å². The van der Waals surface area contributed by atoms with Crippen LogP contribution in [0.2, 0.25) is 0 Å². The molecule has 0 atom stereocenters. The molecule has 0 aliphatic rings. The highest BCUT2D eigenvalue weighted by atomic mass is 14.6. The lowest BCUT2D eigenvalue weighted by atomic mass is 9.94. The summed E-state index contributed by atoms with van der Waals surface area (Å²) in [5.74, 6) is 0. The van der Waals surface area contributed by atoms with Crippen molar-refractivity contribution in [1.29, 1.82) is 0 Å². The van der Waals surface area contributed by atoms with Crippen molar-refractivity contribution < 1.29 is 0 Å². The van der Waals surface area contributed by atoms with Crippen LogP contribution in [-0.4, -0.2) is 13.3 Å². The highest BCUT2D eigenvalue weighted by Gasteiger charge is 2.05. The van der Waals surface area contributed by atoms with Crippen molar-refractivity contribution in [2.75, 3.05) is 7.05 Å². The Balaban J connectivity index is 5.62. The summed E-state index contributed by atoms with van der Waals surface area (Å²) in [7, 11) is 1.77. The minimum atomic E-state index is 0.797. The quantitative estimate of drug-likeness (QED) is 0.528. The Morgan fingerprint density at radius 1 is 1.10 bits per heavy atom. The van der Waals surface area contributed by atoms with Crippen LogP contribution in [0.3, 0.4) is 0 Å². The van der Waals surface area contributed by atoms with Gasteiger partial charge in [0, 0.05) is 19.0 Å². The summed E-state index contributed by atoms with van der Waals surface area (Å²) in [6.07, 6.45) is 11.9. The predicted octanol–water partition coefficient (Wildman–Crippen LogP) is 4.72. The molecule has 0 aliphatic heterocycles. The van der Waals surface area contributed by atoms with E-state index in [0.29, 0.717) is 0 Å². The Labute approximate surface area is 124 Å². The molecule has 0 spiro atoms. The lowest BCUT2D eigenvalue weighted by molar-refractivity contribution is 1.08. The third-order valence-corrected chi connectivity index (χ3v) is 2.99. The van der Waals surface area contributed by atoms with Crippen molar-refractivity contribution in [3.05, 3.63) is 58.9 Å². The predicted molar refractivity (Wildman–Crippen MR) is 92.0 cm³/mol. The van der Waals surface area contributed by atoms with Gasteiger partial charge in [-0.3, -0.25) is 4.99 Å². The number of aliphatic imine (C=N–C) groups is 1.